The van der Waals surface area contributed by atoms with Gasteiger partial charge in [0.15, 0.2) is 0 Å². The van der Waals surface area contributed by atoms with Gasteiger partial charge in [0.05, 0.1) is 6.61 Å². The van der Waals surface area contributed by atoms with Crippen LogP contribution in [-0.4, -0.2) is 18.3 Å². The largest absolute Gasteiger partial charge is 0.493 e. The first-order chi connectivity index (χ1) is 7.08. The Morgan fingerprint density at radius 1 is 1.47 bits per heavy atom. The van der Waals surface area contributed by atoms with E-state index < -0.39 is 5.60 Å². The summed E-state index contributed by atoms with van der Waals surface area (Å²) in [5, 5.41) is 10.3. The zero-order valence-corrected chi connectivity index (χ0v) is 9.21. The second kappa shape index (κ2) is 3.51. The van der Waals surface area contributed by atoms with E-state index in [1.807, 2.05) is 26.0 Å². The standard InChI is InChI=1S/C12H17NO2/c1-8-3-4-10-11(9(8)2)15-6-5-12(10,14)7-13/h3-4,14H,5-7,13H2,1-2H3. The second-order valence-corrected chi connectivity index (χ2v) is 4.22. The third kappa shape index (κ3) is 1.52. The molecule has 0 aliphatic carbocycles. The van der Waals surface area contributed by atoms with Crippen LogP contribution in [0.25, 0.3) is 0 Å². The number of aliphatic hydroxyl groups is 1. The maximum absolute atomic E-state index is 10.3. The van der Waals surface area contributed by atoms with Gasteiger partial charge in [-0.25, -0.2) is 0 Å². The molecular formula is C12H17NO2. The summed E-state index contributed by atoms with van der Waals surface area (Å²) in [5.41, 5.74) is 7.83. The Kier molecular flexibility index (Phi) is 2.44. The van der Waals surface area contributed by atoms with Crippen molar-refractivity contribution in [1.82, 2.24) is 0 Å². The molecule has 2 rings (SSSR count). The van der Waals surface area contributed by atoms with Crippen LogP contribution in [0.5, 0.6) is 5.75 Å². The lowest BCUT2D eigenvalue weighted by Gasteiger charge is -2.34. The van der Waals surface area contributed by atoms with Crippen LogP contribution >= 0.6 is 0 Å². The van der Waals surface area contributed by atoms with Crippen molar-refractivity contribution in [1.29, 1.82) is 0 Å². The quantitative estimate of drug-likeness (QED) is 0.728. The average Bonchev–Trinajstić information content (AvgIpc) is 2.24. The van der Waals surface area contributed by atoms with Gasteiger partial charge in [-0.2, -0.15) is 0 Å². The van der Waals surface area contributed by atoms with Gasteiger partial charge >= 0.3 is 0 Å². The molecule has 1 heterocycles. The SMILES string of the molecule is Cc1ccc2c(c1C)OCCC2(O)CN. The van der Waals surface area contributed by atoms with Crippen LogP contribution in [-0.2, 0) is 5.60 Å². The Morgan fingerprint density at radius 2 is 2.20 bits per heavy atom. The maximum Gasteiger partial charge on any atom is 0.128 e. The summed E-state index contributed by atoms with van der Waals surface area (Å²) in [7, 11) is 0. The molecule has 0 amide bonds. The smallest absolute Gasteiger partial charge is 0.128 e. The van der Waals surface area contributed by atoms with Gasteiger partial charge in [-0.1, -0.05) is 12.1 Å². The highest BCUT2D eigenvalue weighted by atomic mass is 16.5. The molecule has 0 saturated carbocycles. The number of aryl methyl sites for hydroxylation is 1. The lowest BCUT2D eigenvalue weighted by atomic mass is 9.86. The van der Waals surface area contributed by atoms with Crippen LogP contribution in [0.4, 0.5) is 0 Å². The van der Waals surface area contributed by atoms with Crippen LogP contribution in [0.15, 0.2) is 12.1 Å². The molecule has 82 valence electrons. The summed E-state index contributed by atoms with van der Waals surface area (Å²) < 4.78 is 5.62. The minimum Gasteiger partial charge on any atom is -0.493 e. The first-order valence-corrected chi connectivity index (χ1v) is 5.24. The van der Waals surface area contributed by atoms with Crippen LogP contribution in [0.3, 0.4) is 0 Å². The van der Waals surface area contributed by atoms with Crippen molar-refractivity contribution in [3.8, 4) is 5.75 Å². The minimum absolute atomic E-state index is 0.242. The lowest BCUT2D eigenvalue weighted by Crippen LogP contribution is -2.39. The number of hydrogen-bond acceptors (Lipinski definition) is 3. The fourth-order valence-corrected chi connectivity index (χ4v) is 2.01. The molecule has 3 heteroatoms. The number of rotatable bonds is 1. The van der Waals surface area contributed by atoms with Gasteiger partial charge in [-0.15, -0.1) is 0 Å². The average molecular weight is 207 g/mol. The molecule has 1 aliphatic rings. The number of benzene rings is 1. The van der Waals surface area contributed by atoms with E-state index in [1.54, 1.807) is 0 Å². The highest BCUT2D eigenvalue weighted by molar-refractivity contribution is 5.49. The van der Waals surface area contributed by atoms with Gasteiger partial charge in [0.2, 0.25) is 0 Å². The molecule has 1 unspecified atom stereocenters. The molecule has 0 fully saturated rings. The Bertz CT molecular complexity index is 389. The van der Waals surface area contributed by atoms with E-state index in [0.717, 1.165) is 16.9 Å². The first kappa shape index (κ1) is 10.5. The fourth-order valence-electron chi connectivity index (χ4n) is 2.01. The van der Waals surface area contributed by atoms with Crippen LogP contribution < -0.4 is 10.5 Å². The van der Waals surface area contributed by atoms with Gasteiger partial charge in [-0.05, 0) is 25.0 Å². The molecule has 1 aliphatic heterocycles. The van der Waals surface area contributed by atoms with Gasteiger partial charge in [0, 0.05) is 18.5 Å². The number of nitrogens with two attached hydrogens (primary N) is 1. The summed E-state index contributed by atoms with van der Waals surface area (Å²) in [6.45, 7) is 4.82. The zero-order valence-electron chi connectivity index (χ0n) is 9.21. The molecule has 1 aromatic carbocycles. The molecule has 0 spiro atoms. The highest BCUT2D eigenvalue weighted by Crippen LogP contribution is 2.39. The predicted octanol–water partition coefficient (Wildman–Crippen LogP) is 1.23. The first-order valence-electron chi connectivity index (χ1n) is 5.24. The Balaban J connectivity index is 2.59. The van der Waals surface area contributed by atoms with Crippen molar-refractivity contribution in [2.24, 2.45) is 5.73 Å². The normalized spacial score (nSPS) is 24.5. The summed E-state index contributed by atoms with van der Waals surface area (Å²) in [4.78, 5) is 0. The summed E-state index contributed by atoms with van der Waals surface area (Å²) in [6.07, 6.45) is 0.568. The number of hydrogen-bond donors (Lipinski definition) is 2. The van der Waals surface area contributed by atoms with Crippen LogP contribution in [0.2, 0.25) is 0 Å². The summed E-state index contributed by atoms with van der Waals surface area (Å²) in [6, 6.07) is 3.92. The number of fused-ring (bicyclic) bond motifs is 1. The highest BCUT2D eigenvalue weighted by Gasteiger charge is 2.35. The molecular weight excluding hydrogens is 190 g/mol. The Morgan fingerprint density at radius 3 is 2.87 bits per heavy atom. The van der Waals surface area contributed by atoms with Crippen LogP contribution in [0.1, 0.15) is 23.1 Å². The van der Waals surface area contributed by atoms with Crippen molar-refractivity contribution in [3.05, 3.63) is 28.8 Å². The molecule has 1 aromatic rings. The fraction of sp³-hybridized carbons (Fsp3) is 0.500. The summed E-state index contributed by atoms with van der Waals surface area (Å²) in [5.74, 6) is 0.814. The maximum atomic E-state index is 10.3. The van der Waals surface area contributed by atoms with Crippen LogP contribution in [0, 0.1) is 13.8 Å². The second-order valence-electron chi connectivity index (χ2n) is 4.22. The third-order valence-corrected chi connectivity index (χ3v) is 3.28. The van der Waals surface area contributed by atoms with E-state index in [4.69, 9.17) is 10.5 Å². The van der Waals surface area contributed by atoms with Crippen molar-refractivity contribution >= 4 is 0 Å². The molecule has 15 heavy (non-hydrogen) atoms. The lowest BCUT2D eigenvalue weighted by molar-refractivity contribution is 0.00504. The topological polar surface area (TPSA) is 55.5 Å². The Hall–Kier alpha value is -1.06. The van der Waals surface area contributed by atoms with Gasteiger partial charge in [0.1, 0.15) is 11.4 Å². The molecule has 3 N–H and O–H groups in total. The van der Waals surface area contributed by atoms with Crippen molar-refractivity contribution in [2.45, 2.75) is 25.9 Å². The van der Waals surface area contributed by atoms with E-state index >= 15 is 0 Å². The van der Waals surface area contributed by atoms with E-state index in [0.29, 0.717) is 13.0 Å². The van der Waals surface area contributed by atoms with E-state index in [2.05, 4.69) is 0 Å². The van der Waals surface area contributed by atoms with E-state index in [9.17, 15) is 5.11 Å². The van der Waals surface area contributed by atoms with Crippen molar-refractivity contribution in [2.75, 3.05) is 13.2 Å². The van der Waals surface area contributed by atoms with Crippen molar-refractivity contribution in [3.63, 3.8) is 0 Å². The molecule has 0 aromatic heterocycles. The van der Waals surface area contributed by atoms with Gasteiger partial charge in [-0.3, -0.25) is 0 Å². The minimum atomic E-state index is -0.911. The molecule has 1 atom stereocenters. The van der Waals surface area contributed by atoms with Crippen molar-refractivity contribution < 1.29 is 9.84 Å². The zero-order chi connectivity index (χ0) is 11.1. The number of ether oxygens (including phenoxy) is 1. The predicted molar refractivity (Wildman–Crippen MR) is 59.0 cm³/mol. The third-order valence-electron chi connectivity index (χ3n) is 3.28. The Labute approximate surface area is 89.9 Å². The molecule has 3 nitrogen and oxygen atoms in total. The van der Waals surface area contributed by atoms with E-state index in [-0.39, 0.29) is 6.54 Å². The van der Waals surface area contributed by atoms with Gasteiger partial charge in [0.25, 0.3) is 0 Å². The molecule has 0 saturated heterocycles. The van der Waals surface area contributed by atoms with Gasteiger partial charge < -0.3 is 15.6 Å². The van der Waals surface area contributed by atoms with E-state index in [1.165, 1.54) is 5.56 Å². The monoisotopic (exact) mass is 207 g/mol. The summed E-state index contributed by atoms with van der Waals surface area (Å²) >= 11 is 0. The molecule has 0 radical (unpaired) electrons. The molecule has 0 bridgehead atoms.